The molecule has 1 aliphatic carbocycles. The zero-order chi connectivity index (χ0) is 19.5. The number of carbonyl (C=O) groups excluding carboxylic acids is 1. The molecule has 0 aliphatic heterocycles. The lowest BCUT2D eigenvalue weighted by atomic mass is 9.90. The Morgan fingerprint density at radius 2 is 1.82 bits per heavy atom. The van der Waals surface area contributed by atoms with E-state index in [-0.39, 0.29) is 23.4 Å². The van der Waals surface area contributed by atoms with Crippen molar-refractivity contribution in [1.29, 1.82) is 0 Å². The number of halogens is 1. The molecule has 0 radical (unpaired) electrons. The van der Waals surface area contributed by atoms with Crippen LogP contribution < -0.4 is 10.6 Å². The van der Waals surface area contributed by atoms with E-state index in [9.17, 15) is 9.90 Å². The molecule has 6 nitrogen and oxygen atoms in total. The molecule has 0 unspecified atom stereocenters. The number of aromatic hydroxyl groups is 1. The second-order valence-electron chi connectivity index (χ2n) is 7.06. The average Bonchev–Trinajstić information content (AvgIpc) is 2.69. The largest absolute Gasteiger partial charge is 0.505 e. The highest BCUT2D eigenvalue weighted by Crippen LogP contribution is 2.28. The standard InChI is InChI=1S/C21H21ClN4O2/c22-13-3-8-16-17(9-11-23-18(16)12-13)25-14-4-6-15(7-5-14)26-21(28)20-19(27)2-1-10-24-20/h1-3,8-12,14-15,27H,4-7H2,(H,23,25)(H,26,28)/t14-,15+. The number of fused-ring (bicyclic) bond motifs is 1. The van der Waals surface area contributed by atoms with Gasteiger partial charge in [-0.05, 0) is 62.1 Å². The fourth-order valence-electron chi connectivity index (χ4n) is 3.67. The molecule has 0 atom stereocenters. The molecule has 3 aromatic rings. The topological polar surface area (TPSA) is 87.1 Å². The summed E-state index contributed by atoms with van der Waals surface area (Å²) in [7, 11) is 0. The van der Waals surface area contributed by atoms with Gasteiger partial charge >= 0.3 is 0 Å². The van der Waals surface area contributed by atoms with E-state index in [1.807, 2.05) is 24.3 Å². The summed E-state index contributed by atoms with van der Waals surface area (Å²) in [5.41, 5.74) is 1.99. The summed E-state index contributed by atoms with van der Waals surface area (Å²) in [4.78, 5) is 20.7. The number of benzene rings is 1. The highest BCUT2D eigenvalue weighted by molar-refractivity contribution is 6.31. The number of nitrogens with zero attached hydrogens (tertiary/aromatic N) is 2. The summed E-state index contributed by atoms with van der Waals surface area (Å²) in [6.07, 6.45) is 6.90. The van der Waals surface area contributed by atoms with Gasteiger partial charge in [-0.3, -0.25) is 9.78 Å². The molecular formula is C21H21ClN4O2. The van der Waals surface area contributed by atoms with Gasteiger partial charge in [0.05, 0.1) is 5.52 Å². The molecule has 0 bridgehead atoms. The maximum Gasteiger partial charge on any atom is 0.273 e. The highest BCUT2D eigenvalue weighted by Gasteiger charge is 2.24. The van der Waals surface area contributed by atoms with Crippen molar-refractivity contribution in [3.8, 4) is 5.75 Å². The maximum absolute atomic E-state index is 12.3. The van der Waals surface area contributed by atoms with Crippen LogP contribution in [0.2, 0.25) is 5.02 Å². The average molecular weight is 397 g/mol. The van der Waals surface area contributed by atoms with Gasteiger partial charge in [0, 0.05) is 40.6 Å². The van der Waals surface area contributed by atoms with Gasteiger partial charge in [0.25, 0.3) is 5.91 Å². The van der Waals surface area contributed by atoms with Crippen LogP contribution >= 0.6 is 11.6 Å². The van der Waals surface area contributed by atoms with Crippen LogP contribution in [0.25, 0.3) is 10.9 Å². The number of hydrogen-bond acceptors (Lipinski definition) is 5. The molecule has 1 aromatic carbocycles. The number of carbonyl (C=O) groups is 1. The van der Waals surface area contributed by atoms with Crippen molar-refractivity contribution in [2.24, 2.45) is 0 Å². The predicted molar refractivity (Wildman–Crippen MR) is 110 cm³/mol. The summed E-state index contributed by atoms with van der Waals surface area (Å²) in [6.45, 7) is 0. The van der Waals surface area contributed by atoms with Gasteiger partial charge in [-0.2, -0.15) is 0 Å². The number of hydrogen-bond donors (Lipinski definition) is 3. The van der Waals surface area contributed by atoms with E-state index in [1.54, 1.807) is 12.3 Å². The molecule has 1 amide bonds. The van der Waals surface area contributed by atoms with E-state index in [0.717, 1.165) is 42.3 Å². The number of pyridine rings is 2. The van der Waals surface area contributed by atoms with Crippen LogP contribution in [0, 0.1) is 0 Å². The molecule has 7 heteroatoms. The van der Waals surface area contributed by atoms with Gasteiger partial charge in [-0.25, -0.2) is 4.98 Å². The molecular weight excluding hydrogens is 376 g/mol. The van der Waals surface area contributed by atoms with Crippen molar-refractivity contribution in [3.63, 3.8) is 0 Å². The van der Waals surface area contributed by atoms with E-state index < -0.39 is 0 Å². The van der Waals surface area contributed by atoms with Gasteiger partial charge in [0.15, 0.2) is 5.69 Å². The van der Waals surface area contributed by atoms with E-state index in [1.165, 1.54) is 12.3 Å². The monoisotopic (exact) mass is 396 g/mol. The van der Waals surface area contributed by atoms with E-state index in [2.05, 4.69) is 20.6 Å². The second kappa shape index (κ2) is 8.02. The summed E-state index contributed by atoms with van der Waals surface area (Å²) >= 11 is 6.06. The van der Waals surface area contributed by atoms with Crippen LogP contribution in [-0.2, 0) is 0 Å². The third-order valence-electron chi connectivity index (χ3n) is 5.13. The van der Waals surface area contributed by atoms with Crippen LogP contribution in [0.1, 0.15) is 36.2 Å². The molecule has 1 saturated carbocycles. The Labute approximate surface area is 168 Å². The smallest absolute Gasteiger partial charge is 0.273 e. The SMILES string of the molecule is O=C(N[C@H]1CC[C@@H](Nc2ccnc3cc(Cl)ccc23)CC1)c1ncccc1O. The van der Waals surface area contributed by atoms with Gasteiger partial charge in [-0.15, -0.1) is 0 Å². The van der Waals surface area contributed by atoms with E-state index in [0.29, 0.717) is 11.1 Å². The fourth-order valence-corrected chi connectivity index (χ4v) is 3.84. The summed E-state index contributed by atoms with van der Waals surface area (Å²) in [5, 5.41) is 18.1. The Balaban J connectivity index is 1.36. The van der Waals surface area contributed by atoms with Crippen molar-refractivity contribution < 1.29 is 9.90 Å². The van der Waals surface area contributed by atoms with Gasteiger partial charge in [0.2, 0.25) is 0 Å². The molecule has 4 rings (SSSR count). The molecule has 0 spiro atoms. The molecule has 1 aliphatic rings. The normalized spacial score (nSPS) is 19.3. The summed E-state index contributed by atoms with van der Waals surface area (Å²) < 4.78 is 0. The van der Waals surface area contributed by atoms with Gasteiger partial charge in [-0.1, -0.05) is 11.6 Å². The minimum Gasteiger partial charge on any atom is -0.505 e. The first-order chi connectivity index (χ1) is 13.6. The minimum atomic E-state index is -0.327. The van der Waals surface area contributed by atoms with E-state index in [4.69, 9.17) is 11.6 Å². The van der Waals surface area contributed by atoms with Crippen LogP contribution in [0.15, 0.2) is 48.8 Å². The number of rotatable bonds is 4. The molecule has 28 heavy (non-hydrogen) atoms. The Hall–Kier alpha value is -2.86. The van der Waals surface area contributed by atoms with E-state index >= 15 is 0 Å². The first kappa shape index (κ1) is 18.5. The first-order valence-corrected chi connectivity index (χ1v) is 9.73. The van der Waals surface area contributed by atoms with Crippen LogP contribution in [0.5, 0.6) is 5.75 Å². The quantitative estimate of drug-likeness (QED) is 0.616. The Bertz CT molecular complexity index is 1000. The van der Waals surface area contributed by atoms with Crippen molar-refractivity contribution in [1.82, 2.24) is 15.3 Å². The fraction of sp³-hybridized carbons (Fsp3) is 0.286. The number of aromatic nitrogens is 2. The van der Waals surface area contributed by atoms with Crippen molar-refractivity contribution in [2.45, 2.75) is 37.8 Å². The zero-order valence-corrected chi connectivity index (χ0v) is 16.0. The lowest BCUT2D eigenvalue weighted by Crippen LogP contribution is -2.40. The third-order valence-corrected chi connectivity index (χ3v) is 5.36. The second-order valence-corrected chi connectivity index (χ2v) is 7.49. The number of amides is 1. The maximum atomic E-state index is 12.3. The molecule has 144 valence electrons. The number of nitrogens with one attached hydrogen (secondary N) is 2. The van der Waals surface area contributed by atoms with Gasteiger partial charge < -0.3 is 15.7 Å². The van der Waals surface area contributed by atoms with Crippen molar-refractivity contribution >= 4 is 34.1 Å². The Kier molecular flexibility index (Phi) is 5.30. The third kappa shape index (κ3) is 4.02. The molecule has 0 saturated heterocycles. The molecule has 1 fully saturated rings. The van der Waals surface area contributed by atoms with Crippen LogP contribution in [0.4, 0.5) is 5.69 Å². The predicted octanol–water partition coefficient (Wildman–Crippen LogP) is 4.14. The summed E-state index contributed by atoms with van der Waals surface area (Å²) in [5.74, 6) is -0.425. The minimum absolute atomic E-state index is 0.0738. The number of anilines is 1. The van der Waals surface area contributed by atoms with Crippen molar-refractivity contribution in [3.05, 3.63) is 59.5 Å². The Morgan fingerprint density at radius 1 is 1.04 bits per heavy atom. The lowest BCUT2D eigenvalue weighted by Gasteiger charge is -2.30. The van der Waals surface area contributed by atoms with Crippen LogP contribution in [0.3, 0.4) is 0 Å². The molecule has 2 heterocycles. The Morgan fingerprint density at radius 3 is 2.61 bits per heavy atom. The lowest BCUT2D eigenvalue weighted by molar-refractivity contribution is 0.0918. The molecule has 3 N–H and O–H groups in total. The highest BCUT2D eigenvalue weighted by atomic mass is 35.5. The first-order valence-electron chi connectivity index (χ1n) is 9.36. The summed E-state index contributed by atoms with van der Waals surface area (Å²) in [6, 6.07) is 11.2. The van der Waals surface area contributed by atoms with Crippen molar-refractivity contribution in [2.75, 3.05) is 5.32 Å². The van der Waals surface area contributed by atoms with Crippen LogP contribution in [-0.4, -0.2) is 33.1 Å². The van der Waals surface area contributed by atoms with Gasteiger partial charge in [0.1, 0.15) is 5.75 Å². The zero-order valence-electron chi connectivity index (χ0n) is 15.2. The molecule has 2 aromatic heterocycles.